The number of halogens is 3. The van der Waals surface area contributed by atoms with Crippen LogP contribution in [0.1, 0.15) is 0 Å². The van der Waals surface area contributed by atoms with Gasteiger partial charge < -0.3 is 6.15 Å². The van der Waals surface area contributed by atoms with Crippen LogP contribution >= 0.6 is 48.4 Å². The summed E-state index contributed by atoms with van der Waals surface area (Å²) < 4.78 is 1.79. The Morgan fingerprint density at radius 2 is 0.846 bits per heavy atom. The van der Waals surface area contributed by atoms with E-state index in [1.807, 2.05) is 0 Å². The molecule has 0 saturated carbocycles. The smallest absolute Gasteiger partial charge is 0.344 e. The summed E-state index contributed by atoms with van der Waals surface area (Å²) in [4.78, 5) is 32.9. The summed E-state index contributed by atoms with van der Waals surface area (Å²) in [6, 6.07) is 0. The van der Waals surface area contributed by atoms with Gasteiger partial charge in [0.1, 0.15) is 0 Å². The van der Waals surface area contributed by atoms with E-state index in [2.05, 4.69) is 48.4 Å². The highest BCUT2D eigenvalue weighted by atomic mass is 79.9. The van der Waals surface area contributed by atoms with Crippen molar-refractivity contribution >= 4 is 48.4 Å². The Kier molecular flexibility index (Phi) is 4.29. The Balaban J connectivity index is 0.00000144. The first-order valence-electron chi connectivity index (χ1n) is 2.46. The Bertz CT molecular complexity index is 382. The van der Waals surface area contributed by atoms with Gasteiger partial charge in [-0.25, -0.2) is 14.4 Å². The SMILES string of the molecule is N.O=c1n(Br)c(=O)n(Br)c(=O)n1Br. The molecule has 0 spiro atoms. The number of hydrogen-bond donors (Lipinski definition) is 1. The molecule has 0 aliphatic rings. The van der Waals surface area contributed by atoms with Crippen molar-refractivity contribution in [2.45, 2.75) is 0 Å². The van der Waals surface area contributed by atoms with Crippen molar-refractivity contribution in [1.82, 2.24) is 16.9 Å². The highest BCUT2D eigenvalue weighted by molar-refractivity contribution is 9.09. The zero-order valence-electron chi connectivity index (χ0n) is 5.91. The standard InChI is InChI=1S/C3Br3N3O3.H3N/c4-7-1(10)8(5)3(12)9(6)2(7)11;/h;1H3. The number of rotatable bonds is 0. The zero-order chi connectivity index (χ0) is 9.46. The van der Waals surface area contributed by atoms with Crippen molar-refractivity contribution in [2.75, 3.05) is 0 Å². The van der Waals surface area contributed by atoms with Gasteiger partial charge in [-0.1, -0.05) is 0 Å². The molecule has 7 nitrogen and oxygen atoms in total. The van der Waals surface area contributed by atoms with E-state index in [0.29, 0.717) is 10.8 Å². The van der Waals surface area contributed by atoms with Crippen molar-refractivity contribution in [2.24, 2.45) is 0 Å². The largest absolute Gasteiger partial charge is 0.357 e. The Hall–Kier alpha value is -0.190. The van der Waals surface area contributed by atoms with Gasteiger partial charge in [0.15, 0.2) is 0 Å². The van der Waals surface area contributed by atoms with E-state index in [1.165, 1.54) is 0 Å². The summed E-state index contributed by atoms with van der Waals surface area (Å²) in [5, 5.41) is 0. The lowest BCUT2D eigenvalue weighted by Crippen LogP contribution is -2.46. The predicted octanol–water partition coefficient (Wildman–Crippen LogP) is -0.192. The second-order valence-electron chi connectivity index (χ2n) is 1.69. The quantitative estimate of drug-likeness (QED) is 0.671. The van der Waals surface area contributed by atoms with Crippen molar-refractivity contribution in [1.29, 1.82) is 0 Å². The Morgan fingerprint density at radius 3 is 1.00 bits per heavy atom. The molecule has 3 N–H and O–H groups in total. The van der Waals surface area contributed by atoms with E-state index < -0.39 is 17.1 Å². The highest BCUT2D eigenvalue weighted by Crippen LogP contribution is 1.84. The van der Waals surface area contributed by atoms with Gasteiger partial charge >= 0.3 is 17.1 Å². The lowest BCUT2D eigenvalue weighted by molar-refractivity contribution is 0.814. The van der Waals surface area contributed by atoms with E-state index in [1.54, 1.807) is 0 Å². The Labute approximate surface area is 96.6 Å². The van der Waals surface area contributed by atoms with Crippen LogP contribution in [0.3, 0.4) is 0 Å². The number of aromatic nitrogens is 3. The highest BCUT2D eigenvalue weighted by Gasteiger charge is 2.09. The maximum absolute atomic E-state index is 11.0. The van der Waals surface area contributed by atoms with E-state index in [9.17, 15) is 14.4 Å². The Morgan fingerprint density at radius 1 is 0.692 bits per heavy atom. The molecule has 0 aliphatic heterocycles. The third kappa shape index (κ3) is 2.00. The van der Waals surface area contributed by atoms with Gasteiger partial charge in [-0.15, -0.1) is 0 Å². The summed E-state index contributed by atoms with van der Waals surface area (Å²) in [6.07, 6.45) is 0. The fourth-order valence-corrected chi connectivity index (χ4v) is 2.07. The zero-order valence-corrected chi connectivity index (χ0v) is 10.7. The van der Waals surface area contributed by atoms with Gasteiger partial charge in [0.05, 0.1) is 48.4 Å². The van der Waals surface area contributed by atoms with Gasteiger partial charge in [-0.05, 0) is 0 Å². The van der Waals surface area contributed by atoms with Gasteiger partial charge in [0.2, 0.25) is 0 Å². The van der Waals surface area contributed by atoms with Gasteiger partial charge in [0.25, 0.3) is 0 Å². The van der Waals surface area contributed by atoms with Crippen LogP contribution in [0.25, 0.3) is 0 Å². The van der Waals surface area contributed by atoms with Crippen molar-refractivity contribution < 1.29 is 0 Å². The van der Waals surface area contributed by atoms with Crippen molar-refractivity contribution in [3.8, 4) is 0 Å². The van der Waals surface area contributed by atoms with Crippen LogP contribution in [-0.4, -0.2) is 10.8 Å². The molecule has 1 heterocycles. The fourth-order valence-electron chi connectivity index (χ4n) is 0.477. The molecule has 0 saturated heterocycles. The summed E-state index contributed by atoms with van der Waals surface area (Å²) >= 11 is 8.00. The van der Waals surface area contributed by atoms with Crippen LogP contribution in [0.5, 0.6) is 0 Å². The number of nitrogens with zero attached hydrogens (tertiary/aromatic N) is 3. The van der Waals surface area contributed by atoms with Crippen LogP contribution in [0.2, 0.25) is 0 Å². The van der Waals surface area contributed by atoms with E-state index in [-0.39, 0.29) is 6.15 Å². The molecule has 74 valence electrons. The average molecular weight is 383 g/mol. The average Bonchev–Trinajstić information content (AvgIpc) is 2.08. The minimum atomic E-state index is -0.805. The maximum atomic E-state index is 11.0. The monoisotopic (exact) mass is 380 g/mol. The molecule has 1 aromatic heterocycles. The summed E-state index contributed by atoms with van der Waals surface area (Å²) in [7, 11) is 0. The van der Waals surface area contributed by atoms with Gasteiger partial charge in [-0.2, -0.15) is 10.8 Å². The second kappa shape index (κ2) is 4.35. The first-order chi connectivity index (χ1) is 5.46. The molecule has 0 bridgehead atoms. The molecule has 1 rings (SSSR count). The molecule has 0 amide bonds. The van der Waals surface area contributed by atoms with Gasteiger partial charge in [-0.3, -0.25) is 0 Å². The molecular formula is C3H3Br3N4O3. The number of hydrogen-bond acceptors (Lipinski definition) is 4. The van der Waals surface area contributed by atoms with Crippen LogP contribution in [0, 0.1) is 0 Å². The first kappa shape index (κ1) is 12.8. The molecular weight excluding hydrogens is 380 g/mol. The van der Waals surface area contributed by atoms with Crippen LogP contribution < -0.4 is 23.2 Å². The molecule has 0 aliphatic carbocycles. The third-order valence-electron chi connectivity index (χ3n) is 1.01. The third-order valence-corrected chi connectivity index (χ3v) is 2.83. The molecule has 0 atom stereocenters. The second-order valence-corrected chi connectivity index (χ2v) is 3.82. The molecule has 0 unspecified atom stereocenters. The summed E-state index contributed by atoms with van der Waals surface area (Å²) in [6.45, 7) is 0. The lowest BCUT2D eigenvalue weighted by atomic mass is 11.0. The normalized spacial score (nSPS) is 9.46. The molecule has 0 aromatic carbocycles. The summed E-state index contributed by atoms with van der Waals surface area (Å²) in [5.74, 6) is 0. The van der Waals surface area contributed by atoms with E-state index >= 15 is 0 Å². The minimum Gasteiger partial charge on any atom is -0.344 e. The summed E-state index contributed by atoms with van der Waals surface area (Å²) in [5.41, 5.74) is -2.41. The molecule has 10 heteroatoms. The van der Waals surface area contributed by atoms with Gasteiger partial charge in [0, 0.05) is 0 Å². The van der Waals surface area contributed by atoms with Crippen molar-refractivity contribution in [3.63, 3.8) is 0 Å². The van der Waals surface area contributed by atoms with Crippen LogP contribution in [-0.2, 0) is 0 Å². The lowest BCUT2D eigenvalue weighted by Gasteiger charge is -1.97. The molecule has 0 radical (unpaired) electrons. The fraction of sp³-hybridized carbons (Fsp3) is 0. The first-order valence-corrected chi connectivity index (χ1v) is 4.59. The van der Waals surface area contributed by atoms with Crippen molar-refractivity contribution in [3.05, 3.63) is 31.5 Å². The minimum absolute atomic E-state index is 0. The molecule has 13 heavy (non-hydrogen) atoms. The van der Waals surface area contributed by atoms with E-state index in [4.69, 9.17) is 0 Å². The molecule has 1 aromatic rings. The van der Waals surface area contributed by atoms with Crippen LogP contribution in [0.15, 0.2) is 14.4 Å². The molecule has 0 fully saturated rings. The van der Waals surface area contributed by atoms with Crippen LogP contribution in [0.4, 0.5) is 0 Å². The van der Waals surface area contributed by atoms with E-state index in [0.717, 1.165) is 0 Å². The predicted molar refractivity (Wildman–Crippen MR) is 57.2 cm³/mol. The maximum Gasteiger partial charge on any atom is 0.357 e. The topological polar surface area (TPSA) is 101 Å².